The van der Waals surface area contributed by atoms with Crippen LogP contribution in [0.3, 0.4) is 0 Å². The SMILES string of the molecule is CCOC(C)CNCc1cccc(O)c1O. The Morgan fingerprint density at radius 2 is 2.12 bits per heavy atom. The van der Waals surface area contributed by atoms with Gasteiger partial charge < -0.3 is 20.3 Å². The normalized spacial score (nSPS) is 12.6. The lowest BCUT2D eigenvalue weighted by Gasteiger charge is -2.13. The van der Waals surface area contributed by atoms with E-state index in [4.69, 9.17) is 4.74 Å². The minimum absolute atomic E-state index is 0.0564. The largest absolute Gasteiger partial charge is 0.504 e. The van der Waals surface area contributed by atoms with Crippen molar-refractivity contribution < 1.29 is 14.9 Å². The Morgan fingerprint density at radius 1 is 1.38 bits per heavy atom. The molecule has 4 heteroatoms. The van der Waals surface area contributed by atoms with Crippen molar-refractivity contribution in [3.63, 3.8) is 0 Å². The summed E-state index contributed by atoms with van der Waals surface area (Å²) in [6.45, 7) is 5.86. The number of ether oxygens (including phenoxy) is 1. The van der Waals surface area contributed by atoms with Gasteiger partial charge in [0.15, 0.2) is 11.5 Å². The molecule has 90 valence electrons. The van der Waals surface area contributed by atoms with E-state index in [0.29, 0.717) is 25.3 Å². The molecule has 0 aromatic heterocycles. The van der Waals surface area contributed by atoms with Crippen molar-refractivity contribution in [3.8, 4) is 11.5 Å². The molecule has 1 rings (SSSR count). The number of aromatic hydroxyl groups is 2. The molecule has 0 fully saturated rings. The summed E-state index contributed by atoms with van der Waals surface area (Å²) in [5, 5.41) is 22.0. The molecule has 1 unspecified atom stereocenters. The first-order chi connectivity index (χ1) is 7.65. The molecule has 3 N–H and O–H groups in total. The topological polar surface area (TPSA) is 61.7 Å². The molecular formula is C12H19NO3. The third kappa shape index (κ3) is 3.72. The molecule has 0 saturated carbocycles. The van der Waals surface area contributed by atoms with Crippen molar-refractivity contribution in [1.82, 2.24) is 5.32 Å². The van der Waals surface area contributed by atoms with Crippen LogP contribution in [0.4, 0.5) is 0 Å². The lowest BCUT2D eigenvalue weighted by atomic mass is 10.2. The Labute approximate surface area is 95.9 Å². The van der Waals surface area contributed by atoms with Crippen LogP contribution in [0.25, 0.3) is 0 Å². The van der Waals surface area contributed by atoms with E-state index < -0.39 is 0 Å². The summed E-state index contributed by atoms with van der Waals surface area (Å²) in [6.07, 6.45) is 0.143. The molecule has 0 saturated heterocycles. The van der Waals surface area contributed by atoms with Gasteiger partial charge in [0.1, 0.15) is 0 Å². The van der Waals surface area contributed by atoms with Crippen LogP contribution < -0.4 is 5.32 Å². The predicted molar refractivity (Wildman–Crippen MR) is 62.6 cm³/mol. The number of phenols is 2. The van der Waals surface area contributed by atoms with Crippen molar-refractivity contribution in [3.05, 3.63) is 23.8 Å². The number of benzene rings is 1. The fourth-order valence-corrected chi connectivity index (χ4v) is 1.47. The summed E-state index contributed by atoms with van der Waals surface area (Å²) in [5.41, 5.74) is 0.684. The number of para-hydroxylation sites is 1. The molecule has 1 aromatic carbocycles. The van der Waals surface area contributed by atoms with Gasteiger partial charge in [-0.2, -0.15) is 0 Å². The third-order valence-corrected chi connectivity index (χ3v) is 2.30. The van der Waals surface area contributed by atoms with Crippen LogP contribution in [0.15, 0.2) is 18.2 Å². The highest BCUT2D eigenvalue weighted by Gasteiger charge is 2.06. The average Bonchev–Trinajstić information content (AvgIpc) is 2.25. The van der Waals surface area contributed by atoms with Crippen LogP contribution in [0, 0.1) is 0 Å². The number of hydrogen-bond donors (Lipinski definition) is 3. The summed E-state index contributed by atoms with van der Waals surface area (Å²) in [7, 11) is 0. The summed E-state index contributed by atoms with van der Waals surface area (Å²) in [4.78, 5) is 0. The molecule has 4 nitrogen and oxygen atoms in total. The lowest BCUT2D eigenvalue weighted by Crippen LogP contribution is -2.26. The van der Waals surface area contributed by atoms with Gasteiger partial charge in [0.05, 0.1) is 6.10 Å². The first-order valence-corrected chi connectivity index (χ1v) is 5.47. The quantitative estimate of drug-likeness (QED) is 0.644. The maximum Gasteiger partial charge on any atom is 0.161 e. The smallest absolute Gasteiger partial charge is 0.161 e. The van der Waals surface area contributed by atoms with E-state index in [1.807, 2.05) is 13.8 Å². The van der Waals surface area contributed by atoms with Crippen LogP contribution in [-0.2, 0) is 11.3 Å². The molecule has 0 amide bonds. The van der Waals surface area contributed by atoms with Crippen LogP contribution >= 0.6 is 0 Å². The van der Waals surface area contributed by atoms with E-state index >= 15 is 0 Å². The van der Waals surface area contributed by atoms with E-state index in [1.165, 1.54) is 6.07 Å². The molecule has 0 aliphatic carbocycles. The zero-order chi connectivity index (χ0) is 12.0. The molecule has 0 radical (unpaired) electrons. The Morgan fingerprint density at radius 3 is 2.81 bits per heavy atom. The van der Waals surface area contributed by atoms with Gasteiger partial charge >= 0.3 is 0 Å². The van der Waals surface area contributed by atoms with Gasteiger partial charge in [-0.05, 0) is 19.9 Å². The molecule has 16 heavy (non-hydrogen) atoms. The van der Waals surface area contributed by atoms with Crippen molar-refractivity contribution in [2.45, 2.75) is 26.5 Å². The summed E-state index contributed by atoms with van der Waals surface area (Å²) < 4.78 is 5.36. The van der Waals surface area contributed by atoms with E-state index in [-0.39, 0.29) is 17.6 Å². The Bertz CT molecular complexity index is 328. The van der Waals surface area contributed by atoms with E-state index in [2.05, 4.69) is 5.32 Å². The Balaban J connectivity index is 2.40. The molecule has 0 aliphatic rings. The number of phenolic OH excluding ortho intramolecular Hbond substituents is 2. The molecule has 1 aromatic rings. The van der Waals surface area contributed by atoms with Crippen LogP contribution in [0.5, 0.6) is 11.5 Å². The summed E-state index contributed by atoms with van der Waals surface area (Å²) in [5.74, 6) is -0.142. The second-order valence-corrected chi connectivity index (χ2v) is 3.68. The highest BCUT2D eigenvalue weighted by Crippen LogP contribution is 2.27. The Kier molecular flexibility index (Phi) is 5.08. The molecule has 0 heterocycles. The van der Waals surface area contributed by atoms with Gasteiger partial charge in [-0.15, -0.1) is 0 Å². The van der Waals surface area contributed by atoms with Gasteiger partial charge in [0, 0.05) is 25.3 Å². The molecule has 1 atom stereocenters. The minimum atomic E-state index is -0.0860. The number of hydrogen-bond acceptors (Lipinski definition) is 4. The predicted octanol–water partition coefficient (Wildman–Crippen LogP) is 1.61. The van der Waals surface area contributed by atoms with Gasteiger partial charge in [0.2, 0.25) is 0 Å². The van der Waals surface area contributed by atoms with Crippen molar-refractivity contribution in [1.29, 1.82) is 0 Å². The first kappa shape index (κ1) is 12.8. The molecule has 0 aliphatic heterocycles. The fourth-order valence-electron chi connectivity index (χ4n) is 1.47. The van der Waals surface area contributed by atoms with Gasteiger partial charge in [0.25, 0.3) is 0 Å². The maximum atomic E-state index is 9.54. The maximum absolute atomic E-state index is 9.54. The molecule has 0 bridgehead atoms. The second-order valence-electron chi connectivity index (χ2n) is 3.68. The standard InChI is InChI=1S/C12H19NO3/c1-3-16-9(2)7-13-8-10-5-4-6-11(14)12(10)15/h4-6,9,13-15H,3,7-8H2,1-2H3. The van der Waals surface area contributed by atoms with Crippen LogP contribution in [0.2, 0.25) is 0 Å². The van der Waals surface area contributed by atoms with Gasteiger partial charge in [-0.25, -0.2) is 0 Å². The zero-order valence-corrected chi connectivity index (χ0v) is 9.73. The second kappa shape index (κ2) is 6.35. The highest BCUT2D eigenvalue weighted by atomic mass is 16.5. The summed E-state index contributed by atoms with van der Waals surface area (Å²) >= 11 is 0. The fraction of sp³-hybridized carbons (Fsp3) is 0.500. The van der Waals surface area contributed by atoms with E-state index in [1.54, 1.807) is 12.1 Å². The minimum Gasteiger partial charge on any atom is -0.504 e. The lowest BCUT2D eigenvalue weighted by molar-refractivity contribution is 0.0759. The highest BCUT2D eigenvalue weighted by molar-refractivity contribution is 5.44. The van der Waals surface area contributed by atoms with Crippen LogP contribution in [0.1, 0.15) is 19.4 Å². The number of rotatable bonds is 6. The molecule has 0 spiro atoms. The zero-order valence-electron chi connectivity index (χ0n) is 9.73. The average molecular weight is 225 g/mol. The van der Waals surface area contributed by atoms with E-state index in [9.17, 15) is 10.2 Å². The summed E-state index contributed by atoms with van der Waals surface area (Å²) in [6, 6.07) is 4.94. The Hall–Kier alpha value is -1.26. The van der Waals surface area contributed by atoms with E-state index in [0.717, 1.165) is 0 Å². The number of nitrogens with one attached hydrogen (secondary N) is 1. The van der Waals surface area contributed by atoms with Crippen molar-refractivity contribution >= 4 is 0 Å². The molecular weight excluding hydrogens is 206 g/mol. The van der Waals surface area contributed by atoms with Gasteiger partial charge in [-0.1, -0.05) is 12.1 Å². The van der Waals surface area contributed by atoms with Crippen LogP contribution in [-0.4, -0.2) is 29.5 Å². The first-order valence-electron chi connectivity index (χ1n) is 5.47. The van der Waals surface area contributed by atoms with Crippen molar-refractivity contribution in [2.75, 3.05) is 13.2 Å². The monoisotopic (exact) mass is 225 g/mol. The third-order valence-electron chi connectivity index (χ3n) is 2.30. The van der Waals surface area contributed by atoms with Crippen molar-refractivity contribution in [2.24, 2.45) is 0 Å². The van der Waals surface area contributed by atoms with Gasteiger partial charge in [-0.3, -0.25) is 0 Å².